The summed E-state index contributed by atoms with van der Waals surface area (Å²) in [5.74, 6) is -1.70. The third-order valence-electron chi connectivity index (χ3n) is 3.32. The van der Waals surface area contributed by atoms with E-state index in [0.29, 0.717) is 25.2 Å². The zero-order valence-corrected chi connectivity index (χ0v) is 12.7. The number of Topliss-reactive ketones (excluding diaryl/α,β-unsaturated/α-hetero) is 1. The molecule has 0 fully saturated rings. The number of azide groups is 1. The monoisotopic (exact) mass is 329 g/mol. The molecule has 0 aliphatic rings. The molecule has 1 atom stereocenters. The maximum absolute atomic E-state index is 12.6. The molecule has 0 N–H and O–H groups in total. The number of hydrogen-bond donors (Lipinski definition) is 0. The molecule has 0 saturated heterocycles. The molecule has 1 unspecified atom stereocenters. The Kier molecular flexibility index (Phi) is 7.57. The van der Waals surface area contributed by atoms with Crippen molar-refractivity contribution in [2.75, 3.05) is 19.8 Å². The van der Waals surface area contributed by atoms with Crippen LogP contribution in [0.4, 0.5) is 13.2 Å². The van der Waals surface area contributed by atoms with E-state index in [-0.39, 0.29) is 24.3 Å². The zero-order valence-electron chi connectivity index (χ0n) is 12.7. The van der Waals surface area contributed by atoms with E-state index in [9.17, 15) is 18.0 Å². The standard InChI is InChI=1S/C15H18F3N3O2/c1-11(15(16,17)18)12-4-6-13(7-5-12)14(22)3-2-9-23-10-8-20-21-19/h4-7,11H,2-3,8-10H2,1H3. The molecule has 23 heavy (non-hydrogen) atoms. The lowest BCUT2D eigenvalue weighted by atomic mass is 9.97. The maximum Gasteiger partial charge on any atom is 0.395 e. The summed E-state index contributed by atoms with van der Waals surface area (Å²) in [6.45, 7) is 1.98. The molecule has 0 spiro atoms. The number of rotatable bonds is 9. The van der Waals surface area contributed by atoms with Gasteiger partial charge < -0.3 is 4.74 Å². The highest BCUT2D eigenvalue weighted by Gasteiger charge is 2.36. The van der Waals surface area contributed by atoms with Crippen LogP contribution >= 0.6 is 0 Å². The second kappa shape index (κ2) is 9.17. The third kappa shape index (κ3) is 6.71. The second-order valence-corrected chi connectivity index (χ2v) is 4.98. The Morgan fingerprint density at radius 3 is 2.52 bits per heavy atom. The molecule has 126 valence electrons. The van der Waals surface area contributed by atoms with E-state index in [1.165, 1.54) is 24.3 Å². The van der Waals surface area contributed by atoms with Gasteiger partial charge in [-0.15, -0.1) is 0 Å². The number of halogens is 3. The van der Waals surface area contributed by atoms with E-state index < -0.39 is 12.1 Å². The Balaban J connectivity index is 2.41. The van der Waals surface area contributed by atoms with Crippen LogP contribution in [-0.4, -0.2) is 31.7 Å². The van der Waals surface area contributed by atoms with Crippen LogP contribution in [0.15, 0.2) is 29.4 Å². The molecule has 0 aliphatic heterocycles. The first-order valence-corrected chi connectivity index (χ1v) is 7.14. The molecule has 8 heteroatoms. The van der Waals surface area contributed by atoms with Crippen molar-refractivity contribution < 1.29 is 22.7 Å². The summed E-state index contributed by atoms with van der Waals surface area (Å²) in [7, 11) is 0. The van der Waals surface area contributed by atoms with Crippen LogP contribution in [0, 0.1) is 0 Å². The van der Waals surface area contributed by atoms with Crippen molar-refractivity contribution in [3.8, 4) is 0 Å². The fourth-order valence-corrected chi connectivity index (χ4v) is 1.88. The lowest BCUT2D eigenvalue weighted by Gasteiger charge is -2.16. The molecule has 0 bridgehead atoms. The van der Waals surface area contributed by atoms with Crippen LogP contribution < -0.4 is 0 Å². The van der Waals surface area contributed by atoms with E-state index >= 15 is 0 Å². The van der Waals surface area contributed by atoms with Crippen LogP contribution in [0.5, 0.6) is 0 Å². The van der Waals surface area contributed by atoms with Crippen LogP contribution in [-0.2, 0) is 4.74 Å². The fourth-order valence-electron chi connectivity index (χ4n) is 1.88. The van der Waals surface area contributed by atoms with Gasteiger partial charge in [-0.05, 0) is 24.4 Å². The molecule has 5 nitrogen and oxygen atoms in total. The Morgan fingerprint density at radius 2 is 1.96 bits per heavy atom. The number of hydrogen-bond acceptors (Lipinski definition) is 3. The first-order chi connectivity index (χ1) is 10.9. The molecule has 1 aromatic rings. The van der Waals surface area contributed by atoms with Gasteiger partial charge in [0.1, 0.15) is 0 Å². The number of alkyl halides is 3. The average molecular weight is 329 g/mol. The molecular formula is C15H18F3N3O2. The van der Waals surface area contributed by atoms with Gasteiger partial charge in [-0.2, -0.15) is 13.2 Å². The number of ether oxygens (including phenoxy) is 1. The molecule has 1 rings (SSSR count). The summed E-state index contributed by atoms with van der Waals surface area (Å²) in [4.78, 5) is 14.5. The Morgan fingerprint density at radius 1 is 1.30 bits per heavy atom. The van der Waals surface area contributed by atoms with Gasteiger partial charge in [0.2, 0.25) is 0 Å². The molecule has 0 radical (unpaired) electrons. The van der Waals surface area contributed by atoms with E-state index in [1.807, 2.05) is 0 Å². The number of benzene rings is 1. The minimum atomic E-state index is -4.29. The van der Waals surface area contributed by atoms with E-state index in [1.54, 1.807) is 0 Å². The van der Waals surface area contributed by atoms with Gasteiger partial charge in [0.25, 0.3) is 0 Å². The summed E-state index contributed by atoms with van der Waals surface area (Å²) < 4.78 is 43.0. The van der Waals surface area contributed by atoms with Crippen molar-refractivity contribution in [2.24, 2.45) is 5.11 Å². The SMILES string of the molecule is CC(c1ccc(C(=O)CCCOCCN=[N+]=[N-])cc1)C(F)(F)F. The van der Waals surface area contributed by atoms with Crippen LogP contribution in [0.1, 0.15) is 41.6 Å². The summed E-state index contributed by atoms with van der Waals surface area (Å²) in [5, 5.41) is 3.30. The lowest BCUT2D eigenvalue weighted by molar-refractivity contribution is -0.146. The Hall–Kier alpha value is -2.05. The Labute approximate surface area is 132 Å². The van der Waals surface area contributed by atoms with Crippen LogP contribution in [0.2, 0.25) is 0 Å². The Bertz CT molecular complexity index is 552. The van der Waals surface area contributed by atoms with E-state index in [2.05, 4.69) is 10.0 Å². The molecular weight excluding hydrogens is 311 g/mol. The molecule has 0 saturated carbocycles. The third-order valence-corrected chi connectivity index (χ3v) is 3.32. The average Bonchev–Trinajstić information content (AvgIpc) is 2.52. The smallest absolute Gasteiger partial charge is 0.381 e. The quantitative estimate of drug-likeness (QED) is 0.217. The first-order valence-electron chi connectivity index (χ1n) is 7.14. The van der Waals surface area contributed by atoms with Crippen molar-refractivity contribution in [3.63, 3.8) is 0 Å². The number of carbonyl (C=O) groups is 1. The van der Waals surface area contributed by atoms with Crippen molar-refractivity contribution in [3.05, 3.63) is 45.8 Å². The minimum Gasteiger partial charge on any atom is -0.381 e. The number of nitrogens with zero attached hydrogens (tertiary/aromatic N) is 3. The van der Waals surface area contributed by atoms with E-state index in [0.717, 1.165) is 6.92 Å². The van der Waals surface area contributed by atoms with Gasteiger partial charge in [0.05, 0.1) is 12.5 Å². The number of ketones is 1. The predicted octanol–water partition coefficient (Wildman–Crippen LogP) is 4.64. The molecule has 0 aliphatic carbocycles. The maximum atomic E-state index is 12.6. The first kappa shape index (κ1) is 19.0. The highest BCUT2D eigenvalue weighted by molar-refractivity contribution is 5.96. The molecule has 0 aromatic heterocycles. The summed E-state index contributed by atoms with van der Waals surface area (Å²) >= 11 is 0. The van der Waals surface area contributed by atoms with Gasteiger partial charge in [-0.3, -0.25) is 4.79 Å². The number of carbonyl (C=O) groups excluding carboxylic acids is 1. The van der Waals surface area contributed by atoms with Crippen molar-refractivity contribution >= 4 is 5.78 Å². The topological polar surface area (TPSA) is 75.1 Å². The van der Waals surface area contributed by atoms with Gasteiger partial charge in [-0.1, -0.05) is 29.4 Å². The lowest BCUT2D eigenvalue weighted by Crippen LogP contribution is -2.17. The van der Waals surface area contributed by atoms with Gasteiger partial charge in [0, 0.05) is 30.0 Å². The van der Waals surface area contributed by atoms with Crippen molar-refractivity contribution in [1.29, 1.82) is 0 Å². The largest absolute Gasteiger partial charge is 0.395 e. The molecule has 0 heterocycles. The highest BCUT2D eigenvalue weighted by Crippen LogP contribution is 2.34. The summed E-state index contributed by atoms with van der Waals surface area (Å²) in [6, 6.07) is 5.51. The summed E-state index contributed by atoms with van der Waals surface area (Å²) in [5.41, 5.74) is 8.58. The van der Waals surface area contributed by atoms with Crippen molar-refractivity contribution in [1.82, 2.24) is 0 Å². The van der Waals surface area contributed by atoms with Crippen LogP contribution in [0.25, 0.3) is 10.4 Å². The van der Waals surface area contributed by atoms with E-state index in [4.69, 9.17) is 10.3 Å². The summed E-state index contributed by atoms with van der Waals surface area (Å²) in [6.07, 6.45) is -3.55. The van der Waals surface area contributed by atoms with Gasteiger partial charge in [0.15, 0.2) is 5.78 Å². The minimum absolute atomic E-state index is 0.135. The molecule has 1 aromatic carbocycles. The zero-order chi connectivity index (χ0) is 17.3. The normalized spacial score (nSPS) is 12.5. The highest BCUT2D eigenvalue weighted by atomic mass is 19.4. The predicted molar refractivity (Wildman–Crippen MR) is 79.3 cm³/mol. The fraction of sp³-hybridized carbons (Fsp3) is 0.533. The van der Waals surface area contributed by atoms with Gasteiger partial charge in [-0.25, -0.2) is 0 Å². The van der Waals surface area contributed by atoms with Crippen molar-refractivity contribution in [2.45, 2.75) is 31.9 Å². The molecule has 0 amide bonds. The van der Waals surface area contributed by atoms with Crippen LogP contribution in [0.3, 0.4) is 0 Å². The second-order valence-electron chi connectivity index (χ2n) is 4.98. The van der Waals surface area contributed by atoms with Gasteiger partial charge >= 0.3 is 6.18 Å².